The van der Waals surface area contributed by atoms with E-state index in [4.69, 9.17) is 5.11 Å². The molecular weight excluding hydrogens is 222 g/mol. The molecule has 7 nitrogen and oxygen atoms in total. The van der Waals surface area contributed by atoms with Crippen molar-refractivity contribution in [3.8, 4) is 0 Å². The fourth-order valence-electron chi connectivity index (χ4n) is 1.73. The fourth-order valence-corrected chi connectivity index (χ4v) is 1.73. The quantitative estimate of drug-likeness (QED) is 0.706. The number of nitrogens with one attached hydrogen (secondary N) is 1. The molecule has 2 heterocycles. The maximum atomic E-state index is 11.1. The van der Waals surface area contributed by atoms with Crippen molar-refractivity contribution in [2.24, 2.45) is 0 Å². The summed E-state index contributed by atoms with van der Waals surface area (Å²) < 4.78 is 0. The van der Waals surface area contributed by atoms with Gasteiger partial charge in [-0.25, -0.2) is 9.78 Å². The third kappa shape index (κ3) is 2.33. The SMILES string of the molecule is Cc1nnc(N2CCNCC2C(=O)O)nc1C. The van der Waals surface area contributed by atoms with Gasteiger partial charge in [0, 0.05) is 19.6 Å². The molecule has 17 heavy (non-hydrogen) atoms. The molecule has 0 aromatic carbocycles. The molecule has 1 aliphatic rings. The first kappa shape index (κ1) is 11.7. The zero-order valence-electron chi connectivity index (χ0n) is 9.84. The molecule has 1 fully saturated rings. The first-order chi connectivity index (χ1) is 8.09. The van der Waals surface area contributed by atoms with E-state index in [1.165, 1.54) is 0 Å². The topological polar surface area (TPSA) is 91.2 Å². The van der Waals surface area contributed by atoms with Gasteiger partial charge in [0.05, 0.1) is 11.4 Å². The predicted molar refractivity (Wildman–Crippen MR) is 60.9 cm³/mol. The minimum absolute atomic E-state index is 0.391. The van der Waals surface area contributed by atoms with Crippen molar-refractivity contribution in [2.75, 3.05) is 24.5 Å². The Bertz CT molecular complexity index is 437. The van der Waals surface area contributed by atoms with Crippen LogP contribution in [0.2, 0.25) is 0 Å². The lowest BCUT2D eigenvalue weighted by molar-refractivity contribution is -0.138. The van der Waals surface area contributed by atoms with E-state index < -0.39 is 12.0 Å². The van der Waals surface area contributed by atoms with Crippen molar-refractivity contribution in [3.63, 3.8) is 0 Å². The molecule has 0 amide bonds. The smallest absolute Gasteiger partial charge is 0.327 e. The highest BCUT2D eigenvalue weighted by molar-refractivity contribution is 5.78. The molecule has 0 aliphatic carbocycles. The first-order valence-corrected chi connectivity index (χ1v) is 5.47. The number of hydrogen-bond donors (Lipinski definition) is 2. The summed E-state index contributed by atoms with van der Waals surface area (Å²) in [7, 11) is 0. The highest BCUT2D eigenvalue weighted by Crippen LogP contribution is 2.13. The summed E-state index contributed by atoms with van der Waals surface area (Å²) in [5.41, 5.74) is 1.54. The molecule has 0 saturated carbocycles. The molecule has 0 radical (unpaired) electrons. The Balaban J connectivity index is 2.29. The lowest BCUT2D eigenvalue weighted by Gasteiger charge is -2.33. The third-order valence-electron chi connectivity index (χ3n) is 2.87. The van der Waals surface area contributed by atoms with Crippen LogP contribution in [0.4, 0.5) is 5.95 Å². The Labute approximate surface area is 98.9 Å². The van der Waals surface area contributed by atoms with E-state index in [2.05, 4.69) is 20.5 Å². The summed E-state index contributed by atoms with van der Waals surface area (Å²) >= 11 is 0. The van der Waals surface area contributed by atoms with Crippen LogP contribution < -0.4 is 10.2 Å². The Morgan fingerprint density at radius 2 is 2.18 bits per heavy atom. The number of aromatic nitrogens is 3. The molecule has 2 N–H and O–H groups in total. The van der Waals surface area contributed by atoms with Crippen LogP contribution in [0.1, 0.15) is 11.4 Å². The maximum Gasteiger partial charge on any atom is 0.327 e. The number of piperazine rings is 1. The Morgan fingerprint density at radius 1 is 1.41 bits per heavy atom. The Hall–Kier alpha value is -1.76. The number of nitrogens with zero attached hydrogens (tertiary/aromatic N) is 4. The second-order valence-electron chi connectivity index (χ2n) is 4.03. The van der Waals surface area contributed by atoms with Gasteiger partial charge in [-0.15, -0.1) is 5.10 Å². The van der Waals surface area contributed by atoms with Crippen LogP contribution in [0.3, 0.4) is 0 Å². The van der Waals surface area contributed by atoms with E-state index >= 15 is 0 Å². The number of carboxylic acids is 1. The molecule has 0 spiro atoms. The van der Waals surface area contributed by atoms with E-state index in [9.17, 15) is 4.79 Å². The van der Waals surface area contributed by atoms with Gasteiger partial charge in [0.15, 0.2) is 0 Å². The van der Waals surface area contributed by atoms with Crippen LogP contribution in [0.25, 0.3) is 0 Å². The summed E-state index contributed by atoms with van der Waals surface area (Å²) in [5, 5.41) is 20.1. The molecule has 0 bridgehead atoms. The molecular formula is C10H15N5O2. The van der Waals surface area contributed by atoms with Gasteiger partial charge in [-0.05, 0) is 13.8 Å². The number of anilines is 1. The van der Waals surface area contributed by atoms with Gasteiger partial charge < -0.3 is 15.3 Å². The summed E-state index contributed by atoms with van der Waals surface area (Å²) in [6.45, 7) is 5.35. The fraction of sp³-hybridized carbons (Fsp3) is 0.600. The van der Waals surface area contributed by atoms with Gasteiger partial charge in [0.2, 0.25) is 5.95 Å². The highest BCUT2D eigenvalue weighted by Gasteiger charge is 2.30. The number of carbonyl (C=O) groups is 1. The summed E-state index contributed by atoms with van der Waals surface area (Å²) in [5.74, 6) is -0.485. The van der Waals surface area contributed by atoms with Gasteiger partial charge in [-0.2, -0.15) is 5.10 Å². The normalized spacial score (nSPS) is 20.4. The zero-order valence-corrected chi connectivity index (χ0v) is 9.84. The minimum Gasteiger partial charge on any atom is -0.480 e. The van der Waals surface area contributed by atoms with E-state index in [0.717, 1.165) is 17.9 Å². The first-order valence-electron chi connectivity index (χ1n) is 5.47. The van der Waals surface area contributed by atoms with Crippen molar-refractivity contribution in [1.29, 1.82) is 0 Å². The van der Waals surface area contributed by atoms with Crippen molar-refractivity contribution in [1.82, 2.24) is 20.5 Å². The lowest BCUT2D eigenvalue weighted by Crippen LogP contribution is -2.55. The average molecular weight is 237 g/mol. The van der Waals surface area contributed by atoms with Gasteiger partial charge in [0.1, 0.15) is 6.04 Å². The minimum atomic E-state index is -0.876. The van der Waals surface area contributed by atoms with Crippen molar-refractivity contribution < 1.29 is 9.90 Å². The second-order valence-corrected chi connectivity index (χ2v) is 4.03. The monoisotopic (exact) mass is 237 g/mol. The van der Waals surface area contributed by atoms with Crippen LogP contribution in [-0.4, -0.2) is 51.9 Å². The van der Waals surface area contributed by atoms with Crippen LogP contribution in [0, 0.1) is 13.8 Å². The summed E-state index contributed by atoms with van der Waals surface area (Å²) in [4.78, 5) is 17.1. The zero-order chi connectivity index (χ0) is 12.4. The Morgan fingerprint density at radius 3 is 2.82 bits per heavy atom. The highest BCUT2D eigenvalue weighted by atomic mass is 16.4. The van der Waals surface area contributed by atoms with Crippen molar-refractivity contribution >= 4 is 11.9 Å². The maximum absolute atomic E-state index is 11.1. The van der Waals surface area contributed by atoms with Gasteiger partial charge in [-0.1, -0.05) is 0 Å². The number of rotatable bonds is 2. The molecule has 1 unspecified atom stereocenters. The van der Waals surface area contributed by atoms with Crippen molar-refractivity contribution in [2.45, 2.75) is 19.9 Å². The summed E-state index contributed by atoms with van der Waals surface area (Å²) in [6, 6.07) is -0.632. The molecule has 1 aromatic rings. The summed E-state index contributed by atoms with van der Waals surface area (Å²) in [6.07, 6.45) is 0. The van der Waals surface area contributed by atoms with Crippen LogP contribution in [0.15, 0.2) is 0 Å². The molecule has 92 valence electrons. The second kappa shape index (κ2) is 4.62. The predicted octanol–water partition coefficient (Wildman–Crippen LogP) is -0.649. The molecule has 1 saturated heterocycles. The van der Waals surface area contributed by atoms with Crippen LogP contribution in [0.5, 0.6) is 0 Å². The van der Waals surface area contributed by atoms with Gasteiger partial charge >= 0.3 is 5.97 Å². The van der Waals surface area contributed by atoms with E-state index in [1.54, 1.807) is 4.90 Å². The number of carboxylic acid groups (broad SMARTS) is 1. The van der Waals surface area contributed by atoms with Crippen molar-refractivity contribution in [3.05, 3.63) is 11.4 Å². The van der Waals surface area contributed by atoms with E-state index in [-0.39, 0.29) is 0 Å². The number of hydrogen-bond acceptors (Lipinski definition) is 6. The van der Waals surface area contributed by atoms with Gasteiger partial charge in [0.25, 0.3) is 0 Å². The number of aryl methyl sites for hydroxylation is 2. The largest absolute Gasteiger partial charge is 0.480 e. The third-order valence-corrected chi connectivity index (χ3v) is 2.87. The molecule has 7 heteroatoms. The Kier molecular flexibility index (Phi) is 3.19. The number of aliphatic carboxylic acids is 1. The average Bonchev–Trinajstić information content (AvgIpc) is 2.32. The van der Waals surface area contributed by atoms with E-state index in [0.29, 0.717) is 19.0 Å². The molecule has 1 aliphatic heterocycles. The molecule has 1 atom stereocenters. The molecule has 1 aromatic heterocycles. The van der Waals surface area contributed by atoms with Gasteiger partial charge in [-0.3, -0.25) is 0 Å². The van der Waals surface area contributed by atoms with Crippen LogP contribution in [-0.2, 0) is 4.79 Å². The molecule has 2 rings (SSSR count). The standard InChI is InChI=1S/C10H15N5O2/c1-6-7(2)13-14-10(12-6)15-4-3-11-5-8(15)9(16)17/h8,11H,3-5H2,1-2H3,(H,16,17). The van der Waals surface area contributed by atoms with E-state index in [1.807, 2.05) is 13.8 Å². The van der Waals surface area contributed by atoms with Crippen LogP contribution >= 0.6 is 0 Å². The lowest BCUT2D eigenvalue weighted by atomic mass is 10.2.